The number of benzene rings is 2. The van der Waals surface area contributed by atoms with Gasteiger partial charge in [0, 0.05) is 63.3 Å². The quantitative estimate of drug-likeness (QED) is 0.172. The van der Waals surface area contributed by atoms with E-state index in [9.17, 15) is 25.9 Å². The van der Waals surface area contributed by atoms with E-state index in [-0.39, 0.29) is 48.2 Å². The molecule has 191 valence electrons. The van der Waals surface area contributed by atoms with Crippen LogP contribution in [0.1, 0.15) is 17.8 Å². The Morgan fingerprint density at radius 1 is 0.973 bits per heavy atom. The molecule has 4 aromatic rings. The van der Waals surface area contributed by atoms with Crippen LogP contribution in [-0.4, -0.2) is 73.5 Å². The normalized spacial score (nSPS) is 15.0. The number of fused-ring (bicyclic) bond motifs is 4. The van der Waals surface area contributed by atoms with Crippen LogP contribution in [0.25, 0.3) is 25.7 Å². The molecule has 0 amide bonds. The molecule has 1 N–H and O–H groups in total. The Labute approximate surface area is 249 Å². The number of para-hydroxylation sites is 1. The second kappa shape index (κ2) is 11.6. The van der Waals surface area contributed by atoms with E-state index in [0.717, 1.165) is 40.2 Å². The molecule has 3 heterocycles. The standard InChI is InChI=1S/C23H22N2O6S5.Na/c26-35(27,28)13-5-11-24-17-8-2-4-10-19(17)32-20(24)15-21-25(12-6-14-36(29,30)31)23-22(34-21)16-7-1-3-9-18(16)33-23;/h1-4,7-10,15H,5-6,11-14H2,(H-,26,27,28,29,30,31);. The van der Waals surface area contributed by atoms with Crippen LogP contribution in [0.3, 0.4) is 0 Å². The van der Waals surface area contributed by atoms with Crippen LogP contribution in [0.5, 0.6) is 0 Å². The fraction of sp³-hybridized carbons (Fsp3) is 0.261. The molecule has 2 aromatic carbocycles. The topological polar surface area (TPSA) is 119 Å². The number of rotatable bonds is 9. The number of aromatic nitrogens is 1. The van der Waals surface area contributed by atoms with Gasteiger partial charge < -0.3 is 9.45 Å². The number of thiophene rings is 1. The number of hydrogen-bond donors (Lipinski definition) is 1. The van der Waals surface area contributed by atoms with E-state index in [1.165, 1.54) is 0 Å². The monoisotopic (exact) mass is 605 g/mol. The number of thioether (sulfide) groups is 1. The Morgan fingerprint density at radius 3 is 2.46 bits per heavy atom. The Balaban J connectivity index is 0.00000320. The van der Waals surface area contributed by atoms with Gasteiger partial charge >= 0.3 is 0 Å². The molecule has 2 aromatic heterocycles. The minimum Gasteiger partial charge on any atom is -0.748 e. The van der Waals surface area contributed by atoms with Crippen molar-refractivity contribution in [3.8, 4) is 0 Å². The molecule has 0 fully saturated rings. The van der Waals surface area contributed by atoms with Crippen LogP contribution in [0.4, 0.5) is 5.69 Å². The van der Waals surface area contributed by atoms with Gasteiger partial charge in [0.2, 0.25) is 0 Å². The van der Waals surface area contributed by atoms with Gasteiger partial charge in [0.15, 0.2) is 6.54 Å². The number of hydrogen-bond acceptors (Lipinski definition) is 9. The SMILES string of the molecule is O=S(=O)([O-])CCC[n+]1c(C=C2Sc3ccccc3N2CCCS(=O)(=O)O)sc2c3ccccc3sc21.[Na]. The Bertz CT molecular complexity index is 1700. The van der Waals surface area contributed by atoms with Gasteiger partial charge in [0.1, 0.15) is 4.70 Å². The summed E-state index contributed by atoms with van der Waals surface area (Å²) in [6, 6.07) is 15.9. The molecule has 0 aliphatic carbocycles. The third-order valence-corrected chi connectivity index (χ3v) is 10.9. The summed E-state index contributed by atoms with van der Waals surface area (Å²) in [6.07, 6.45) is 2.50. The second-order valence-corrected chi connectivity index (χ2v) is 14.5. The van der Waals surface area contributed by atoms with Crippen LogP contribution in [0.15, 0.2) is 58.5 Å². The van der Waals surface area contributed by atoms with Gasteiger partial charge in [-0.1, -0.05) is 64.8 Å². The summed E-state index contributed by atoms with van der Waals surface area (Å²) in [6.45, 7) is 0.792. The van der Waals surface area contributed by atoms with Gasteiger partial charge in [-0.05, 0) is 24.6 Å². The predicted octanol–water partition coefficient (Wildman–Crippen LogP) is 4.15. The van der Waals surface area contributed by atoms with Crippen molar-refractivity contribution in [2.45, 2.75) is 24.3 Å². The van der Waals surface area contributed by atoms with Crippen LogP contribution in [0.2, 0.25) is 0 Å². The maximum Gasteiger partial charge on any atom is 0.281 e. The van der Waals surface area contributed by atoms with Gasteiger partial charge in [-0.25, -0.2) is 8.42 Å². The molecule has 37 heavy (non-hydrogen) atoms. The first-order chi connectivity index (χ1) is 17.1. The van der Waals surface area contributed by atoms with Crippen LogP contribution in [0, 0.1) is 0 Å². The van der Waals surface area contributed by atoms with E-state index in [1.54, 1.807) is 34.4 Å². The summed E-state index contributed by atoms with van der Waals surface area (Å²) >= 11 is 4.81. The van der Waals surface area contributed by atoms with Crippen molar-refractivity contribution in [1.29, 1.82) is 0 Å². The minimum atomic E-state index is -4.31. The molecule has 0 unspecified atom stereocenters. The second-order valence-electron chi connectivity index (χ2n) is 8.28. The Kier molecular flexibility index (Phi) is 9.11. The number of aryl methyl sites for hydroxylation is 1. The van der Waals surface area contributed by atoms with E-state index in [0.29, 0.717) is 13.1 Å². The van der Waals surface area contributed by atoms with Crippen molar-refractivity contribution in [1.82, 2.24) is 0 Å². The van der Waals surface area contributed by atoms with Crippen molar-refractivity contribution in [2.75, 3.05) is 23.0 Å². The van der Waals surface area contributed by atoms with E-state index in [1.807, 2.05) is 47.4 Å². The van der Waals surface area contributed by atoms with Crippen molar-refractivity contribution < 1.29 is 30.5 Å². The van der Waals surface area contributed by atoms with Crippen molar-refractivity contribution in [3.05, 3.63) is 58.6 Å². The first-order valence-electron chi connectivity index (χ1n) is 11.1. The number of thiazole rings is 1. The van der Waals surface area contributed by atoms with Gasteiger partial charge in [-0.15, -0.1) is 0 Å². The summed E-state index contributed by atoms with van der Waals surface area (Å²) in [5.74, 6) is -0.756. The fourth-order valence-electron chi connectivity index (χ4n) is 4.17. The molecule has 0 atom stereocenters. The van der Waals surface area contributed by atoms with Crippen LogP contribution in [-0.2, 0) is 26.8 Å². The van der Waals surface area contributed by atoms with Crippen LogP contribution < -0.4 is 9.47 Å². The fourth-order valence-corrected chi connectivity index (χ4v) is 9.01. The molecule has 5 rings (SSSR count). The molecule has 8 nitrogen and oxygen atoms in total. The number of anilines is 1. The zero-order chi connectivity index (χ0) is 25.5. The molecular formula is C23H22N2NaO6S5. The van der Waals surface area contributed by atoms with Crippen molar-refractivity contribution in [2.24, 2.45) is 0 Å². The summed E-state index contributed by atoms with van der Waals surface area (Å²) in [4.78, 5) is 4.11. The van der Waals surface area contributed by atoms with E-state index >= 15 is 0 Å². The van der Waals surface area contributed by atoms with Crippen molar-refractivity contribution in [3.63, 3.8) is 0 Å². The van der Waals surface area contributed by atoms with E-state index < -0.39 is 26.0 Å². The van der Waals surface area contributed by atoms with E-state index in [2.05, 4.69) is 16.7 Å². The largest absolute Gasteiger partial charge is 0.748 e. The van der Waals surface area contributed by atoms with Crippen molar-refractivity contribution >= 4 is 116 Å². The van der Waals surface area contributed by atoms with Gasteiger partial charge in [0.05, 0.1) is 32.7 Å². The maximum absolute atomic E-state index is 11.3. The Hall–Kier alpha value is -1.000. The number of nitrogens with zero attached hydrogens (tertiary/aromatic N) is 2. The molecule has 0 bridgehead atoms. The van der Waals surface area contributed by atoms with Gasteiger partial charge in [0.25, 0.3) is 20.0 Å². The molecular weight excluding hydrogens is 584 g/mol. The summed E-state index contributed by atoms with van der Waals surface area (Å²) in [5, 5.41) is 2.96. The molecule has 0 saturated heterocycles. The molecule has 0 spiro atoms. The maximum atomic E-state index is 11.3. The molecule has 1 aliphatic heterocycles. The van der Waals surface area contributed by atoms with E-state index in [4.69, 9.17) is 0 Å². The molecule has 1 radical (unpaired) electrons. The average Bonchev–Trinajstić information content (AvgIpc) is 3.43. The first kappa shape index (κ1) is 29.0. The summed E-state index contributed by atoms with van der Waals surface area (Å²) in [5.41, 5.74) is 0.969. The molecule has 0 saturated carbocycles. The van der Waals surface area contributed by atoms with Gasteiger partial charge in [-0.3, -0.25) is 4.55 Å². The third kappa shape index (κ3) is 6.78. The molecule has 14 heteroatoms. The zero-order valence-corrected chi connectivity index (χ0v) is 25.9. The molecule has 1 aliphatic rings. The predicted molar refractivity (Wildman–Crippen MR) is 151 cm³/mol. The summed E-state index contributed by atoms with van der Waals surface area (Å²) in [7, 11) is -8.37. The third-order valence-electron chi connectivity index (χ3n) is 5.69. The van der Waals surface area contributed by atoms with Crippen LogP contribution >= 0.6 is 34.4 Å². The average molecular weight is 606 g/mol. The van der Waals surface area contributed by atoms with Gasteiger partial charge in [-0.2, -0.15) is 13.0 Å². The first-order valence-corrected chi connectivity index (χ1v) is 16.7. The summed E-state index contributed by atoms with van der Waals surface area (Å²) < 4.78 is 69.7. The Morgan fingerprint density at radius 2 is 1.70 bits per heavy atom. The zero-order valence-electron chi connectivity index (χ0n) is 19.9. The minimum absolute atomic E-state index is 0. The smallest absolute Gasteiger partial charge is 0.281 e.